The summed E-state index contributed by atoms with van der Waals surface area (Å²) in [4.78, 5) is 29.5. The summed E-state index contributed by atoms with van der Waals surface area (Å²) in [5.74, 6) is -0.233. The number of carbonyl (C=O) groups excluding carboxylic acids is 2. The van der Waals surface area contributed by atoms with Crippen LogP contribution in [0.3, 0.4) is 0 Å². The van der Waals surface area contributed by atoms with Crippen LogP contribution in [0.2, 0.25) is 0 Å². The number of benzene rings is 13. The predicted octanol–water partition coefficient (Wildman–Crippen LogP) is 20.9. The van der Waals surface area contributed by atoms with E-state index >= 15 is 0 Å². The van der Waals surface area contributed by atoms with E-state index in [0.717, 1.165) is 197 Å². The first-order chi connectivity index (χ1) is 54.6. The van der Waals surface area contributed by atoms with E-state index in [-0.39, 0.29) is 17.9 Å². The van der Waals surface area contributed by atoms with Crippen LogP contribution in [0, 0.1) is 0 Å². The number of hydrogen-bond acceptors (Lipinski definition) is 8. The molecule has 0 fully saturated rings. The first kappa shape index (κ1) is 76.2. The second kappa shape index (κ2) is 33.4. The van der Waals surface area contributed by atoms with Crippen LogP contribution in [0.1, 0.15) is 86.3 Å². The molecule has 0 aliphatic rings. The highest BCUT2D eigenvalue weighted by molar-refractivity contribution is 9.10. The van der Waals surface area contributed by atoms with Crippen molar-refractivity contribution in [3.63, 3.8) is 0 Å². The van der Waals surface area contributed by atoms with Gasteiger partial charge in [-0.1, -0.05) is 126 Å². The van der Waals surface area contributed by atoms with Crippen LogP contribution in [0.25, 0.3) is 142 Å². The molecule has 0 aliphatic carbocycles. The third-order valence-electron chi connectivity index (χ3n) is 22.9. The summed E-state index contributed by atoms with van der Waals surface area (Å²) in [5, 5.41) is 33.8. The van der Waals surface area contributed by atoms with Crippen LogP contribution in [-0.2, 0) is 22.7 Å². The highest BCUT2D eigenvalue weighted by atomic mass is 79.9. The van der Waals surface area contributed by atoms with Crippen molar-refractivity contribution in [3.05, 3.63) is 263 Å². The second-order valence-electron chi connectivity index (χ2n) is 29.8. The lowest BCUT2D eigenvalue weighted by Gasteiger charge is -2.26. The molecule has 15 rings (SSSR count). The van der Waals surface area contributed by atoms with Crippen molar-refractivity contribution in [3.8, 4) is 33.4 Å². The van der Waals surface area contributed by atoms with Crippen molar-refractivity contribution in [1.29, 1.82) is 0 Å². The number of fused-ring (bicyclic) bond motifs is 14. The second-order valence-corrected chi connectivity index (χ2v) is 30.8. The van der Waals surface area contributed by atoms with E-state index < -0.39 is 0 Å². The Hall–Kier alpha value is -11.2. The van der Waals surface area contributed by atoms with Crippen LogP contribution >= 0.6 is 15.9 Å². The van der Waals surface area contributed by atoms with Crippen LogP contribution in [-0.4, -0.2) is 89.8 Å². The van der Waals surface area contributed by atoms with Gasteiger partial charge in [0.1, 0.15) is 42.0 Å². The SMILES string of the molecule is C=C(C)C(=O)NCCCNCc1c2ccccc2c(CNCCCNC(=O)C(=C)C)c2cc(-c3ccc(-c4c5ccc6cc(N(CC)CC(C)[N+](CC)=c7ccc8c(ccc9c(-c%10ccc(Br)cc%10)c%10ccc%11cc(N(CC)CC)ccc%11c%10oc98)c7)ccc6c5oc5c4ccc4cc(=[N+](CC)CC)ccc45)cc3)ccc12. The standard InChI is InChI=1S/C99H99BrN8O4/c1-12-105(13-2)74-37-46-78-69(54-74)31-42-85-92(66-26-24-65(25-27-66)68-30-41-84-89(58-68)91(60-102-51-21-53-104-99(110)63(9)10)83-23-19-18-22-82(83)90(84)59-101-50-20-52-103-98(109)62(7)8)86-44-33-71-56-76(39-48-80(71)96(86)111-94(78)85)107(16-5)61-64(11)108(17-6)77-40-49-81-72(57-77)34-45-88-93(67-28-35-73(100)36-29-67)87-43-32-70-55-75(106(14-3)15-4)38-47-79(70)95(87)112-97(81)88/h18-19,22-49,54-58,64,101-102H,7,9,12-17,20-21,50-53,59-61H2,1-6,8,10-11H3/p+2. The van der Waals surface area contributed by atoms with Gasteiger partial charge in [0, 0.05) is 151 Å². The van der Waals surface area contributed by atoms with E-state index in [1.54, 1.807) is 13.8 Å². The molecule has 13 heteroatoms. The molecule has 0 saturated carbocycles. The third-order valence-corrected chi connectivity index (χ3v) is 23.4. The summed E-state index contributed by atoms with van der Waals surface area (Å²) < 4.78 is 20.7. The maximum atomic E-state index is 12.3. The minimum Gasteiger partial charge on any atom is -0.455 e. The highest BCUT2D eigenvalue weighted by Gasteiger charge is 2.25. The molecule has 0 saturated heterocycles. The molecular weight excluding hydrogens is 1450 g/mol. The number of rotatable bonds is 28. The average Bonchev–Trinajstić information content (AvgIpc) is 0.722. The van der Waals surface area contributed by atoms with Crippen LogP contribution in [0.5, 0.6) is 0 Å². The van der Waals surface area contributed by atoms with Crippen molar-refractivity contribution in [2.24, 2.45) is 0 Å². The fraction of sp³-hybridized carbons (Fsp3) is 0.253. The summed E-state index contributed by atoms with van der Waals surface area (Å²) >= 11 is 3.71. The smallest absolute Gasteiger partial charge is 0.246 e. The summed E-state index contributed by atoms with van der Waals surface area (Å²) in [6, 6.07) is 79.2. The fourth-order valence-corrected chi connectivity index (χ4v) is 17.2. The quantitative estimate of drug-likeness (QED) is 0.0126. The highest BCUT2D eigenvalue weighted by Crippen LogP contribution is 2.46. The van der Waals surface area contributed by atoms with Crippen molar-refractivity contribution in [2.45, 2.75) is 94.3 Å². The minimum atomic E-state index is -0.118. The van der Waals surface area contributed by atoms with Crippen LogP contribution in [0.4, 0.5) is 11.4 Å². The summed E-state index contributed by atoms with van der Waals surface area (Å²) in [5.41, 5.74) is 16.2. The van der Waals surface area contributed by atoms with Gasteiger partial charge in [0.25, 0.3) is 0 Å². The molecule has 2 amide bonds. The van der Waals surface area contributed by atoms with Crippen molar-refractivity contribution in [2.75, 3.05) is 81.8 Å². The zero-order chi connectivity index (χ0) is 77.8. The monoisotopic (exact) mass is 1540 g/mol. The summed E-state index contributed by atoms with van der Waals surface area (Å²) in [6.45, 7) is 36.9. The molecule has 566 valence electrons. The average molecular weight is 1550 g/mol. The largest absolute Gasteiger partial charge is 0.455 e. The number of amides is 2. The lowest BCUT2D eigenvalue weighted by molar-refractivity contribution is -0.118. The molecule has 13 aromatic carbocycles. The molecule has 2 heterocycles. The van der Waals surface area contributed by atoms with Gasteiger partial charge in [0.2, 0.25) is 22.5 Å². The van der Waals surface area contributed by atoms with Gasteiger partial charge in [-0.2, -0.15) is 0 Å². The van der Waals surface area contributed by atoms with Gasteiger partial charge in [-0.15, -0.1) is 0 Å². The van der Waals surface area contributed by atoms with Gasteiger partial charge in [0.15, 0.2) is 6.04 Å². The molecule has 0 aliphatic heterocycles. The van der Waals surface area contributed by atoms with Crippen LogP contribution < -0.4 is 50.9 Å². The zero-order valence-corrected chi connectivity index (χ0v) is 67.7. The Labute approximate surface area is 664 Å². The topological polar surface area (TPSA) is 121 Å². The summed E-state index contributed by atoms with van der Waals surface area (Å²) in [7, 11) is 0. The number of likely N-dealkylation sites (N-methyl/N-ethyl adjacent to an activating group) is 2. The van der Waals surface area contributed by atoms with Crippen molar-refractivity contribution >= 4 is 148 Å². The minimum absolute atomic E-state index is 0.115. The summed E-state index contributed by atoms with van der Waals surface area (Å²) in [6.07, 6.45) is 1.56. The maximum Gasteiger partial charge on any atom is 0.246 e. The Morgan fingerprint density at radius 2 is 0.804 bits per heavy atom. The molecule has 12 nitrogen and oxygen atoms in total. The van der Waals surface area contributed by atoms with Crippen molar-refractivity contribution in [1.82, 2.24) is 30.4 Å². The maximum absolute atomic E-state index is 12.3. The molecular formula is C99H101BrN8O4+2. The lowest BCUT2D eigenvalue weighted by Crippen LogP contribution is -2.44. The Morgan fingerprint density at radius 1 is 0.411 bits per heavy atom. The number of nitrogens with zero attached hydrogens (tertiary/aromatic N) is 4. The molecule has 15 aromatic rings. The molecule has 2 aromatic heterocycles. The molecule has 1 unspecified atom stereocenters. The Kier molecular flexibility index (Phi) is 22.7. The number of carbonyl (C=O) groups is 2. The van der Waals surface area contributed by atoms with E-state index in [4.69, 9.17) is 8.83 Å². The molecule has 0 bridgehead atoms. The molecule has 1 atom stereocenters. The van der Waals surface area contributed by atoms with Gasteiger partial charge < -0.3 is 39.9 Å². The van der Waals surface area contributed by atoms with Crippen molar-refractivity contribution < 1.29 is 18.4 Å². The van der Waals surface area contributed by atoms with Gasteiger partial charge in [0.05, 0.1) is 6.54 Å². The van der Waals surface area contributed by atoms with E-state index in [9.17, 15) is 9.59 Å². The lowest BCUT2D eigenvalue weighted by atomic mass is 9.89. The normalized spacial score (nSPS) is 12.3. The van der Waals surface area contributed by atoms with Gasteiger partial charge in [-0.25, -0.2) is 9.15 Å². The van der Waals surface area contributed by atoms with E-state index in [1.165, 1.54) is 54.6 Å². The number of anilines is 2. The van der Waals surface area contributed by atoms with E-state index in [1.807, 2.05) is 0 Å². The fourth-order valence-electron chi connectivity index (χ4n) is 17.0. The Balaban J connectivity index is 0.776. The Bertz CT molecular complexity index is 6360. The van der Waals surface area contributed by atoms with Gasteiger partial charge in [-0.05, 0) is 256 Å². The molecule has 0 radical (unpaired) electrons. The molecule has 0 spiro atoms. The van der Waals surface area contributed by atoms with E-state index in [0.29, 0.717) is 37.3 Å². The van der Waals surface area contributed by atoms with Gasteiger partial charge in [-0.3, -0.25) is 9.59 Å². The number of halogens is 1. The number of hydrogen-bond donors (Lipinski definition) is 4. The van der Waals surface area contributed by atoms with Gasteiger partial charge >= 0.3 is 0 Å². The molecule has 4 N–H and O–H groups in total. The van der Waals surface area contributed by atoms with Crippen LogP contribution in [0.15, 0.2) is 250 Å². The number of nitrogens with one attached hydrogen (secondary N) is 4. The van der Waals surface area contributed by atoms with E-state index in [2.05, 4.69) is 330 Å². The predicted molar refractivity (Wildman–Crippen MR) is 478 cm³/mol. The first-order valence-electron chi connectivity index (χ1n) is 40.1. The zero-order valence-electron chi connectivity index (χ0n) is 66.1. The first-order valence-corrected chi connectivity index (χ1v) is 40.9. The Morgan fingerprint density at radius 3 is 1.27 bits per heavy atom. The third kappa shape index (κ3) is 15.0. The molecule has 112 heavy (non-hydrogen) atoms.